The molecule has 0 spiro atoms. The van der Waals surface area contributed by atoms with Gasteiger partial charge in [-0.1, -0.05) is 133 Å². The summed E-state index contributed by atoms with van der Waals surface area (Å²) in [5, 5.41) is 8.43. The van der Waals surface area contributed by atoms with Gasteiger partial charge >= 0.3 is 0 Å². The third-order valence-electron chi connectivity index (χ3n) is 8.06. The molecule has 0 fully saturated rings. The summed E-state index contributed by atoms with van der Waals surface area (Å²) in [4.78, 5) is 0. The molecular formula is C40H27NO. The van der Waals surface area contributed by atoms with Crippen molar-refractivity contribution in [3.8, 4) is 33.4 Å². The van der Waals surface area contributed by atoms with E-state index in [-0.39, 0.29) is 0 Å². The molecular weight excluding hydrogens is 510 g/mol. The van der Waals surface area contributed by atoms with Crippen molar-refractivity contribution in [2.45, 2.75) is 0 Å². The first kappa shape index (κ1) is 24.2. The quantitative estimate of drug-likeness (QED) is 0.236. The van der Waals surface area contributed by atoms with Crippen molar-refractivity contribution in [1.29, 1.82) is 0 Å². The van der Waals surface area contributed by atoms with Gasteiger partial charge in [0.2, 0.25) is 0 Å². The van der Waals surface area contributed by atoms with E-state index in [2.05, 4.69) is 151 Å². The Bertz CT molecular complexity index is 2210. The Labute approximate surface area is 244 Å². The first-order chi connectivity index (χ1) is 20.8. The number of para-hydroxylation sites is 1. The summed E-state index contributed by atoms with van der Waals surface area (Å²) in [5.74, 6) is 0. The van der Waals surface area contributed by atoms with Crippen molar-refractivity contribution in [3.63, 3.8) is 0 Å². The largest absolute Gasteiger partial charge is 0.455 e. The summed E-state index contributed by atoms with van der Waals surface area (Å²) in [6.07, 6.45) is 0. The van der Waals surface area contributed by atoms with Crippen LogP contribution >= 0.6 is 0 Å². The van der Waals surface area contributed by atoms with Crippen LogP contribution in [0.5, 0.6) is 0 Å². The van der Waals surface area contributed by atoms with Crippen LogP contribution in [0.15, 0.2) is 162 Å². The Balaban J connectivity index is 1.31. The summed E-state index contributed by atoms with van der Waals surface area (Å²) >= 11 is 0. The predicted octanol–water partition coefficient (Wildman–Crippen LogP) is 11.5. The lowest BCUT2D eigenvalue weighted by Crippen LogP contribution is -1.93. The van der Waals surface area contributed by atoms with Gasteiger partial charge in [-0.3, -0.25) is 0 Å². The number of hydrogen-bond acceptors (Lipinski definition) is 2. The number of hydrogen-bond donors (Lipinski definition) is 1. The molecule has 0 unspecified atom stereocenters. The van der Waals surface area contributed by atoms with Crippen LogP contribution < -0.4 is 5.32 Å². The average molecular weight is 538 g/mol. The number of anilines is 2. The number of fused-ring (bicyclic) bond motifs is 4. The third kappa shape index (κ3) is 4.13. The zero-order valence-electron chi connectivity index (χ0n) is 22.9. The number of furan rings is 1. The molecule has 8 aromatic rings. The van der Waals surface area contributed by atoms with Crippen LogP contribution in [-0.4, -0.2) is 0 Å². The fraction of sp³-hybridized carbons (Fsp3) is 0. The molecule has 198 valence electrons. The van der Waals surface area contributed by atoms with Crippen LogP contribution in [0.3, 0.4) is 0 Å². The molecule has 0 amide bonds. The first-order valence-corrected chi connectivity index (χ1v) is 14.3. The molecule has 0 saturated carbocycles. The lowest BCUT2D eigenvalue weighted by atomic mass is 9.97. The van der Waals surface area contributed by atoms with E-state index in [1.165, 1.54) is 21.9 Å². The van der Waals surface area contributed by atoms with Crippen LogP contribution in [-0.2, 0) is 0 Å². The normalized spacial score (nSPS) is 11.3. The van der Waals surface area contributed by atoms with Gasteiger partial charge in [-0.15, -0.1) is 0 Å². The van der Waals surface area contributed by atoms with E-state index in [9.17, 15) is 0 Å². The minimum absolute atomic E-state index is 0.884. The summed E-state index contributed by atoms with van der Waals surface area (Å²) < 4.78 is 6.80. The van der Waals surface area contributed by atoms with Crippen molar-refractivity contribution in [2.24, 2.45) is 0 Å². The standard InChI is InChI=1S/C40H27NO/c1-3-12-28(13-4-1)34-22-11-23-36-38-37(25-24-35(40(38)42-39(34)36)29-14-5-2-6-15-29)41-31-19-9-18-30(26-31)33-21-10-17-27-16-7-8-20-32(27)33/h1-26,41H. The predicted molar refractivity (Wildman–Crippen MR) is 177 cm³/mol. The van der Waals surface area contributed by atoms with Crippen LogP contribution in [0.2, 0.25) is 0 Å². The summed E-state index contributed by atoms with van der Waals surface area (Å²) in [6.45, 7) is 0. The lowest BCUT2D eigenvalue weighted by molar-refractivity contribution is 0.671. The molecule has 0 bridgehead atoms. The summed E-state index contributed by atoms with van der Waals surface area (Å²) in [7, 11) is 0. The zero-order chi connectivity index (χ0) is 27.9. The summed E-state index contributed by atoms with van der Waals surface area (Å²) in [5.41, 5.74) is 10.7. The molecule has 2 nitrogen and oxygen atoms in total. The van der Waals surface area contributed by atoms with Crippen molar-refractivity contribution in [3.05, 3.63) is 158 Å². The van der Waals surface area contributed by atoms with E-state index in [1.54, 1.807) is 0 Å². The maximum atomic E-state index is 6.80. The van der Waals surface area contributed by atoms with E-state index < -0.39 is 0 Å². The SMILES string of the molecule is c1ccc(-c2cccc3c2oc2c(-c4ccccc4)ccc(Nc4cccc(-c5cccc6ccccc56)c4)c23)cc1. The van der Waals surface area contributed by atoms with Gasteiger partial charge in [-0.25, -0.2) is 0 Å². The molecule has 0 atom stereocenters. The Morgan fingerprint density at radius 3 is 1.81 bits per heavy atom. The van der Waals surface area contributed by atoms with Gasteiger partial charge in [0, 0.05) is 22.2 Å². The van der Waals surface area contributed by atoms with Crippen LogP contribution in [0.4, 0.5) is 11.4 Å². The molecule has 2 heteroatoms. The Hall–Kier alpha value is -5.60. The topological polar surface area (TPSA) is 25.2 Å². The highest BCUT2D eigenvalue weighted by molar-refractivity contribution is 6.18. The second kappa shape index (κ2) is 10.1. The van der Waals surface area contributed by atoms with Gasteiger partial charge in [0.15, 0.2) is 0 Å². The molecule has 0 aliphatic carbocycles. The molecule has 0 aliphatic rings. The van der Waals surface area contributed by atoms with Crippen LogP contribution in [0, 0.1) is 0 Å². The number of nitrogens with one attached hydrogen (secondary N) is 1. The highest BCUT2D eigenvalue weighted by Gasteiger charge is 2.19. The molecule has 0 radical (unpaired) electrons. The van der Waals surface area contributed by atoms with Crippen LogP contribution in [0.1, 0.15) is 0 Å². The van der Waals surface area contributed by atoms with Crippen LogP contribution in [0.25, 0.3) is 66.1 Å². The fourth-order valence-electron chi connectivity index (χ4n) is 6.09. The second-order valence-electron chi connectivity index (χ2n) is 10.6. The molecule has 8 rings (SSSR count). The average Bonchev–Trinajstić information content (AvgIpc) is 3.46. The van der Waals surface area contributed by atoms with Crippen molar-refractivity contribution in [2.75, 3.05) is 5.32 Å². The maximum absolute atomic E-state index is 6.80. The Morgan fingerprint density at radius 1 is 0.405 bits per heavy atom. The van der Waals surface area contributed by atoms with Crippen molar-refractivity contribution < 1.29 is 4.42 Å². The first-order valence-electron chi connectivity index (χ1n) is 14.3. The van der Waals surface area contributed by atoms with Gasteiger partial charge in [0.05, 0.1) is 11.1 Å². The molecule has 42 heavy (non-hydrogen) atoms. The van der Waals surface area contributed by atoms with E-state index in [0.717, 1.165) is 55.6 Å². The van der Waals surface area contributed by atoms with Gasteiger partial charge < -0.3 is 9.73 Å². The van der Waals surface area contributed by atoms with E-state index in [1.807, 2.05) is 12.1 Å². The van der Waals surface area contributed by atoms with Gasteiger partial charge in [-0.05, 0) is 57.3 Å². The molecule has 0 aliphatic heterocycles. The monoisotopic (exact) mass is 537 g/mol. The smallest absolute Gasteiger partial charge is 0.145 e. The molecule has 1 heterocycles. The molecule has 0 saturated heterocycles. The third-order valence-corrected chi connectivity index (χ3v) is 8.06. The van der Waals surface area contributed by atoms with E-state index in [0.29, 0.717) is 0 Å². The van der Waals surface area contributed by atoms with Crippen molar-refractivity contribution in [1.82, 2.24) is 0 Å². The lowest BCUT2D eigenvalue weighted by Gasteiger charge is -2.13. The number of rotatable bonds is 5. The minimum Gasteiger partial charge on any atom is -0.455 e. The highest BCUT2D eigenvalue weighted by Crippen LogP contribution is 2.44. The Morgan fingerprint density at radius 2 is 1.00 bits per heavy atom. The summed E-state index contributed by atoms with van der Waals surface area (Å²) in [6, 6.07) is 55.4. The molecule has 1 N–H and O–H groups in total. The van der Waals surface area contributed by atoms with Crippen molar-refractivity contribution >= 4 is 44.1 Å². The fourth-order valence-corrected chi connectivity index (χ4v) is 6.09. The molecule has 7 aromatic carbocycles. The second-order valence-corrected chi connectivity index (χ2v) is 10.6. The van der Waals surface area contributed by atoms with Gasteiger partial charge in [0.1, 0.15) is 11.2 Å². The van der Waals surface area contributed by atoms with Gasteiger partial charge in [0.25, 0.3) is 0 Å². The van der Waals surface area contributed by atoms with Gasteiger partial charge in [-0.2, -0.15) is 0 Å². The number of benzene rings is 7. The maximum Gasteiger partial charge on any atom is 0.145 e. The zero-order valence-corrected chi connectivity index (χ0v) is 22.9. The van der Waals surface area contributed by atoms with E-state index in [4.69, 9.17) is 4.42 Å². The van der Waals surface area contributed by atoms with E-state index >= 15 is 0 Å². The molecule has 1 aromatic heterocycles. The minimum atomic E-state index is 0.884. The highest BCUT2D eigenvalue weighted by atomic mass is 16.3. The Kier molecular flexibility index (Phi) is 5.82.